The summed E-state index contributed by atoms with van der Waals surface area (Å²) in [5.74, 6) is 0.716. The Hall–Kier alpha value is -2.96. The number of nitrogens with zero attached hydrogens (tertiary/aromatic N) is 4. The number of anilines is 1. The van der Waals surface area contributed by atoms with Gasteiger partial charge in [0.15, 0.2) is 0 Å². The first-order valence-electron chi connectivity index (χ1n) is 10.4. The monoisotopic (exact) mass is 506 g/mol. The van der Waals surface area contributed by atoms with Crippen LogP contribution >= 0.6 is 27.5 Å². The van der Waals surface area contributed by atoms with Crippen LogP contribution in [0, 0.1) is 0 Å². The first-order valence-corrected chi connectivity index (χ1v) is 11.6. The predicted molar refractivity (Wildman–Crippen MR) is 132 cm³/mol. The van der Waals surface area contributed by atoms with Crippen molar-refractivity contribution in [3.05, 3.63) is 87.9 Å². The van der Waals surface area contributed by atoms with E-state index in [0.29, 0.717) is 37.1 Å². The molecule has 160 valence electrons. The fraction of sp³-hybridized carbons (Fsp3) is 0.160. The largest absolute Gasteiger partial charge is 0.337 e. The second kappa shape index (κ2) is 8.88. The number of amides is 1. The van der Waals surface area contributed by atoms with Gasteiger partial charge in [-0.1, -0.05) is 63.9 Å². The van der Waals surface area contributed by atoms with Crippen molar-refractivity contribution in [2.75, 3.05) is 31.1 Å². The second-order valence-electron chi connectivity index (χ2n) is 7.66. The van der Waals surface area contributed by atoms with Crippen LogP contribution in [-0.4, -0.2) is 47.0 Å². The number of piperazine rings is 1. The summed E-state index contributed by atoms with van der Waals surface area (Å²) in [4.78, 5) is 26.6. The van der Waals surface area contributed by atoms with Crippen LogP contribution in [0.15, 0.2) is 77.3 Å². The molecule has 0 saturated carbocycles. The van der Waals surface area contributed by atoms with Crippen LogP contribution in [0.5, 0.6) is 0 Å². The van der Waals surface area contributed by atoms with Gasteiger partial charge in [-0.15, -0.1) is 0 Å². The Morgan fingerprint density at radius 1 is 0.875 bits per heavy atom. The number of halogens is 2. The lowest BCUT2D eigenvalue weighted by Crippen LogP contribution is -2.49. The summed E-state index contributed by atoms with van der Waals surface area (Å²) in [6.45, 7) is 2.58. The van der Waals surface area contributed by atoms with Crippen LogP contribution in [0.3, 0.4) is 0 Å². The minimum absolute atomic E-state index is 0.0614. The molecule has 0 bridgehead atoms. The Morgan fingerprint density at radius 3 is 2.34 bits per heavy atom. The number of aromatic nitrogens is 2. The van der Waals surface area contributed by atoms with E-state index in [9.17, 15) is 4.79 Å². The third kappa shape index (κ3) is 4.08. The van der Waals surface area contributed by atoms with Gasteiger partial charge in [-0.3, -0.25) is 4.79 Å². The van der Waals surface area contributed by atoms with E-state index in [-0.39, 0.29) is 5.91 Å². The zero-order valence-corrected chi connectivity index (χ0v) is 19.6. The number of hydrogen-bond donors (Lipinski definition) is 0. The van der Waals surface area contributed by atoms with Crippen molar-refractivity contribution in [2.24, 2.45) is 0 Å². The average molecular weight is 508 g/mol. The summed E-state index contributed by atoms with van der Waals surface area (Å²) in [5, 5.41) is 1.59. The number of hydrogen-bond acceptors (Lipinski definition) is 4. The van der Waals surface area contributed by atoms with Gasteiger partial charge in [-0.2, -0.15) is 0 Å². The van der Waals surface area contributed by atoms with E-state index >= 15 is 0 Å². The smallest absolute Gasteiger partial charge is 0.253 e. The zero-order valence-electron chi connectivity index (χ0n) is 17.2. The van der Waals surface area contributed by atoms with E-state index in [4.69, 9.17) is 21.6 Å². The predicted octanol–water partition coefficient (Wildman–Crippen LogP) is 5.68. The van der Waals surface area contributed by atoms with Crippen molar-refractivity contribution < 1.29 is 4.79 Å². The SMILES string of the molecule is O=C(c1ccccc1)N1CCN(c2nc(-c3ccccc3Cl)c3cc(Br)ccc3n2)CC1. The van der Waals surface area contributed by atoms with Gasteiger partial charge in [0.1, 0.15) is 0 Å². The average Bonchev–Trinajstić information content (AvgIpc) is 2.84. The van der Waals surface area contributed by atoms with E-state index in [1.54, 1.807) is 0 Å². The van der Waals surface area contributed by atoms with Crippen molar-refractivity contribution in [1.82, 2.24) is 14.9 Å². The molecule has 5 rings (SSSR count). The number of carbonyl (C=O) groups excluding carboxylic acids is 1. The standard InChI is InChI=1S/C25H20BrClN4O/c26-18-10-11-22-20(16-18)23(19-8-4-5-9-21(19)27)29-25(28-22)31-14-12-30(13-15-31)24(32)17-6-2-1-3-7-17/h1-11,16H,12-15H2. The van der Waals surface area contributed by atoms with Crippen LogP contribution in [0.2, 0.25) is 5.02 Å². The minimum Gasteiger partial charge on any atom is -0.337 e. The lowest BCUT2D eigenvalue weighted by molar-refractivity contribution is 0.0746. The van der Waals surface area contributed by atoms with Crippen molar-refractivity contribution in [3.63, 3.8) is 0 Å². The van der Waals surface area contributed by atoms with Gasteiger partial charge in [-0.05, 0) is 36.4 Å². The summed E-state index contributed by atoms with van der Waals surface area (Å²) in [6.07, 6.45) is 0. The van der Waals surface area contributed by atoms with E-state index < -0.39 is 0 Å². The van der Waals surface area contributed by atoms with Gasteiger partial charge < -0.3 is 9.80 Å². The van der Waals surface area contributed by atoms with Crippen LogP contribution < -0.4 is 4.90 Å². The molecule has 2 heterocycles. The molecule has 3 aromatic carbocycles. The number of carbonyl (C=O) groups is 1. The van der Waals surface area contributed by atoms with E-state index in [0.717, 1.165) is 32.2 Å². The van der Waals surface area contributed by atoms with Gasteiger partial charge in [0, 0.05) is 52.2 Å². The van der Waals surface area contributed by atoms with Crippen LogP contribution in [0.1, 0.15) is 10.4 Å². The molecular weight excluding hydrogens is 488 g/mol. The highest BCUT2D eigenvalue weighted by molar-refractivity contribution is 9.10. The fourth-order valence-electron chi connectivity index (χ4n) is 3.96. The molecule has 7 heteroatoms. The summed E-state index contributed by atoms with van der Waals surface area (Å²) >= 11 is 10.1. The molecule has 1 amide bonds. The molecule has 0 aliphatic carbocycles. The third-order valence-electron chi connectivity index (χ3n) is 5.65. The normalized spacial score (nSPS) is 14.1. The summed E-state index contributed by atoms with van der Waals surface area (Å²) < 4.78 is 0.961. The topological polar surface area (TPSA) is 49.3 Å². The van der Waals surface area contributed by atoms with Crippen molar-refractivity contribution in [3.8, 4) is 11.3 Å². The van der Waals surface area contributed by atoms with Gasteiger partial charge in [0.05, 0.1) is 11.2 Å². The van der Waals surface area contributed by atoms with E-state index in [1.807, 2.05) is 77.7 Å². The number of rotatable bonds is 3. The Labute approximate surface area is 199 Å². The van der Waals surface area contributed by atoms with Crippen LogP contribution in [0.25, 0.3) is 22.2 Å². The summed E-state index contributed by atoms with van der Waals surface area (Å²) in [6, 6.07) is 23.1. The molecule has 1 aromatic heterocycles. The summed E-state index contributed by atoms with van der Waals surface area (Å²) in [7, 11) is 0. The maximum absolute atomic E-state index is 12.8. The lowest BCUT2D eigenvalue weighted by atomic mass is 10.1. The Bertz CT molecular complexity index is 1290. The Balaban J connectivity index is 1.46. The summed E-state index contributed by atoms with van der Waals surface area (Å²) in [5.41, 5.74) is 3.25. The van der Waals surface area contributed by atoms with Crippen LogP contribution in [-0.2, 0) is 0 Å². The quantitative estimate of drug-likeness (QED) is 0.358. The molecule has 4 aromatic rings. The maximum Gasteiger partial charge on any atom is 0.253 e. The van der Waals surface area contributed by atoms with E-state index in [1.165, 1.54) is 0 Å². The molecule has 0 radical (unpaired) electrons. The molecule has 0 spiro atoms. The van der Waals surface area contributed by atoms with E-state index in [2.05, 4.69) is 20.8 Å². The fourth-order valence-corrected chi connectivity index (χ4v) is 4.55. The van der Waals surface area contributed by atoms with Crippen LogP contribution in [0.4, 0.5) is 5.95 Å². The molecule has 1 fully saturated rings. The molecule has 0 atom stereocenters. The number of benzene rings is 3. The minimum atomic E-state index is 0.0614. The Kier molecular flexibility index (Phi) is 5.81. The molecule has 0 N–H and O–H groups in total. The van der Waals surface area contributed by atoms with Gasteiger partial charge in [0.2, 0.25) is 5.95 Å². The van der Waals surface area contributed by atoms with Gasteiger partial charge in [0.25, 0.3) is 5.91 Å². The molecule has 5 nitrogen and oxygen atoms in total. The molecule has 32 heavy (non-hydrogen) atoms. The zero-order chi connectivity index (χ0) is 22.1. The second-order valence-corrected chi connectivity index (χ2v) is 8.98. The maximum atomic E-state index is 12.8. The highest BCUT2D eigenvalue weighted by Gasteiger charge is 2.24. The first-order chi connectivity index (χ1) is 15.6. The first kappa shape index (κ1) is 20.9. The highest BCUT2D eigenvalue weighted by atomic mass is 79.9. The lowest BCUT2D eigenvalue weighted by Gasteiger charge is -2.35. The molecule has 1 saturated heterocycles. The van der Waals surface area contributed by atoms with Crippen molar-refractivity contribution in [2.45, 2.75) is 0 Å². The number of fused-ring (bicyclic) bond motifs is 1. The van der Waals surface area contributed by atoms with Crippen molar-refractivity contribution in [1.29, 1.82) is 0 Å². The molecule has 0 unspecified atom stereocenters. The van der Waals surface area contributed by atoms with Gasteiger partial charge in [-0.25, -0.2) is 9.97 Å². The third-order valence-corrected chi connectivity index (χ3v) is 6.47. The van der Waals surface area contributed by atoms with Crippen molar-refractivity contribution >= 4 is 50.3 Å². The highest BCUT2D eigenvalue weighted by Crippen LogP contribution is 2.34. The Morgan fingerprint density at radius 2 is 1.59 bits per heavy atom. The van der Waals surface area contributed by atoms with Gasteiger partial charge >= 0.3 is 0 Å². The molecule has 1 aliphatic rings. The molecular formula is C25H20BrClN4O. The molecule has 1 aliphatic heterocycles.